The number of alkyl halides is 2. The molecular formula is C14H21F2NO3S. The lowest BCUT2D eigenvalue weighted by atomic mass is 10.2. The van der Waals surface area contributed by atoms with E-state index in [-0.39, 0.29) is 5.75 Å². The van der Waals surface area contributed by atoms with Crippen LogP contribution in [0.15, 0.2) is 18.2 Å². The molecule has 0 aliphatic heterocycles. The van der Waals surface area contributed by atoms with Crippen LogP contribution in [0.2, 0.25) is 0 Å². The predicted molar refractivity (Wildman–Crippen MR) is 79.5 cm³/mol. The fourth-order valence-corrected chi connectivity index (χ4v) is 2.31. The average Bonchev–Trinajstić information content (AvgIpc) is 2.40. The van der Waals surface area contributed by atoms with Gasteiger partial charge in [0.1, 0.15) is 0 Å². The molecule has 7 heteroatoms. The van der Waals surface area contributed by atoms with E-state index in [2.05, 4.69) is 10.1 Å². The Kier molecular flexibility index (Phi) is 8.22. The Balaban J connectivity index is 2.54. The minimum absolute atomic E-state index is 0.0389. The molecule has 0 aliphatic carbocycles. The van der Waals surface area contributed by atoms with Crippen molar-refractivity contribution < 1.29 is 22.5 Å². The van der Waals surface area contributed by atoms with Crippen molar-refractivity contribution in [3.05, 3.63) is 23.8 Å². The third-order valence-electron chi connectivity index (χ3n) is 2.64. The SMILES string of the molecule is CCOc1cc(CNCCCS(C)=O)ccc1OC(F)F. The average molecular weight is 321 g/mol. The predicted octanol–water partition coefficient (Wildman–Crippen LogP) is 2.54. The highest BCUT2D eigenvalue weighted by Crippen LogP contribution is 2.29. The third kappa shape index (κ3) is 7.38. The summed E-state index contributed by atoms with van der Waals surface area (Å²) in [6.07, 6.45) is 2.50. The summed E-state index contributed by atoms with van der Waals surface area (Å²) in [7, 11) is -0.776. The Bertz CT molecular complexity index is 458. The second kappa shape index (κ2) is 9.68. The van der Waals surface area contributed by atoms with Crippen LogP contribution in [0.3, 0.4) is 0 Å². The summed E-state index contributed by atoms with van der Waals surface area (Å²) in [6, 6.07) is 4.88. The van der Waals surface area contributed by atoms with Gasteiger partial charge in [-0.15, -0.1) is 0 Å². The summed E-state index contributed by atoms with van der Waals surface area (Å²) in [5.74, 6) is 1.02. The first-order valence-corrected chi connectivity index (χ1v) is 8.47. The van der Waals surface area contributed by atoms with Crippen molar-refractivity contribution in [1.29, 1.82) is 0 Å². The van der Waals surface area contributed by atoms with E-state index < -0.39 is 17.4 Å². The van der Waals surface area contributed by atoms with Crippen LogP contribution >= 0.6 is 0 Å². The van der Waals surface area contributed by atoms with Gasteiger partial charge < -0.3 is 14.8 Å². The zero-order valence-corrected chi connectivity index (χ0v) is 13.1. The molecule has 4 nitrogen and oxygen atoms in total. The lowest BCUT2D eigenvalue weighted by Gasteiger charge is -2.13. The van der Waals surface area contributed by atoms with Crippen molar-refractivity contribution in [3.8, 4) is 11.5 Å². The summed E-state index contributed by atoms with van der Waals surface area (Å²) in [5, 5.41) is 3.21. The molecule has 1 aromatic rings. The Morgan fingerprint density at radius 1 is 1.33 bits per heavy atom. The fourth-order valence-electron chi connectivity index (χ4n) is 1.76. The minimum atomic E-state index is -2.87. The molecule has 0 bridgehead atoms. The van der Waals surface area contributed by atoms with Gasteiger partial charge in [0.05, 0.1) is 6.61 Å². The Hall–Kier alpha value is -1.21. The smallest absolute Gasteiger partial charge is 0.387 e. The number of ether oxygens (including phenoxy) is 2. The van der Waals surface area contributed by atoms with Crippen molar-refractivity contribution in [2.24, 2.45) is 0 Å². The van der Waals surface area contributed by atoms with Crippen LogP contribution in [0.1, 0.15) is 18.9 Å². The molecular weight excluding hydrogens is 300 g/mol. The largest absolute Gasteiger partial charge is 0.490 e. The highest BCUT2D eigenvalue weighted by molar-refractivity contribution is 7.84. The first kappa shape index (κ1) is 17.8. The van der Waals surface area contributed by atoms with Crippen LogP contribution in [0, 0.1) is 0 Å². The Morgan fingerprint density at radius 3 is 2.71 bits per heavy atom. The molecule has 0 spiro atoms. The summed E-state index contributed by atoms with van der Waals surface area (Å²) < 4.78 is 45.2. The van der Waals surface area contributed by atoms with Crippen molar-refractivity contribution in [3.63, 3.8) is 0 Å². The van der Waals surface area contributed by atoms with E-state index in [0.29, 0.717) is 24.7 Å². The molecule has 0 heterocycles. The van der Waals surface area contributed by atoms with Crippen LogP contribution in [0.4, 0.5) is 8.78 Å². The Labute approximate surface area is 126 Å². The van der Waals surface area contributed by atoms with Gasteiger partial charge in [-0.05, 0) is 37.6 Å². The van der Waals surface area contributed by atoms with E-state index in [4.69, 9.17) is 4.74 Å². The summed E-state index contributed by atoms with van der Waals surface area (Å²) in [5.41, 5.74) is 0.915. The molecule has 0 saturated carbocycles. The number of halogens is 2. The van der Waals surface area contributed by atoms with E-state index in [1.807, 2.05) is 0 Å². The van der Waals surface area contributed by atoms with Crippen LogP contribution < -0.4 is 14.8 Å². The normalized spacial score (nSPS) is 12.4. The van der Waals surface area contributed by atoms with E-state index in [9.17, 15) is 13.0 Å². The van der Waals surface area contributed by atoms with Gasteiger partial charge in [-0.1, -0.05) is 6.07 Å². The molecule has 21 heavy (non-hydrogen) atoms. The summed E-state index contributed by atoms with van der Waals surface area (Å²) >= 11 is 0. The quantitative estimate of drug-likeness (QED) is 0.673. The van der Waals surface area contributed by atoms with Crippen LogP contribution in [-0.4, -0.2) is 36.0 Å². The van der Waals surface area contributed by atoms with Gasteiger partial charge >= 0.3 is 6.61 Å². The number of hydrogen-bond donors (Lipinski definition) is 1. The molecule has 0 saturated heterocycles. The molecule has 0 radical (unpaired) electrons. The fraction of sp³-hybridized carbons (Fsp3) is 0.571. The number of hydrogen-bond acceptors (Lipinski definition) is 4. The lowest BCUT2D eigenvalue weighted by Crippen LogP contribution is -2.16. The minimum Gasteiger partial charge on any atom is -0.490 e. The maximum absolute atomic E-state index is 12.3. The summed E-state index contributed by atoms with van der Waals surface area (Å²) in [6.45, 7) is 0.619. The van der Waals surface area contributed by atoms with Crippen molar-refractivity contribution >= 4 is 10.8 Å². The lowest BCUT2D eigenvalue weighted by molar-refractivity contribution is -0.0514. The van der Waals surface area contributed by atoms with Gasteiger partial charge in [0.15, 0.2) is 11.5 Å². The topological polar surface area (TPSA) is 47.6 Å². The summed E-state index contributed by atoms with van der Waals surface area (Å²) in [4.78, 5) is 0. The van der Waals surface area contributed by atoms with E-state index in [1.165, 1.54) is 6.07 Å². The van der Waals surface area contributed by atoms with E-state index >= 15 is 0 Å². The molecule has 0 amide bonds. The van der Waals surface area contributed by atoms with Gasteiger partial charge in [0, 0.05) is 29.4 Å². The second-order valence-electron chi connectivity index (χ2n) is 4.40. The van der Waals surface area contributed by atoms with Crippen LogP contribution in [-0.2, 0) is 17.3 Å². The maximum Gasteiger partial charge on any atom is 0.387 e. The second-order valence-corrected chi connectivity index (χ2v) is 5.95. The number of nitrogens with one attached hydrogen (secondary N) is 1. The Morgan fingerprint density at radius 2 is 2.10 bits per heavy atom. The highest BCUT2D eigenvalue weighted by atomic mass is 32.2. The highest BCUT2D eigenvalue weighted by Gasteiger charge is 2.11. The zero-order chi connectivity index (χ0) is 15.7. The number of rotatable bonds is 10. The van der Waals surface area contributed by atoms with Gasteiger partial charge in [0.2, 0.25) is 0 Å². The van der Waals surface area contributed by atoms with Gasteiger partial charge in [0.25, 0.3) is 0 Å². The van der Waals surface area contributed by atoms with E-state index in [1.54, 1.807) is 25.3 Å². The van der Waals surface area contributed by atoms with Crippen molar-refractivity contribution in [2.75, 3.05) is 25.2 Å². The van der Waals surface area contributed by atoms with Crippen LogP contribution in [0.25, 0.3) is 0 Å². The molecule has 1 atom stereocenters. The monoisotopic (exact) mass is 321 g/mol. The molecule has 1 N–H and O–H groups in total. The molecule has 120 valence electrons. The van der Waals surface area contributed by atoms with E-state index in [0.717, 1.165) is 18.5 Å². The van der Waals surface area contributed by atoms with Gasteiger partial charge in [-0.2, -0.15) is 8.78 Å². The van der Waals surface area contributed by atoms with Crippen molar-refractivity contribution in [2.45, 2.75) is 26.5 Å². The molecule has 0 aliphatic rings. The molecule has 1 aromatic carbocycles. The molecule has 1 rings (SSSR count). The molecule has 0 aromatic heterocycles. The first-order chi connectivity index (χ1) is 10.0. The van der Waals surface area contributed by atoms with Gasteiger partial charge in [-0.25, -0.2) is 0 Å². The molecule has 1 unspecified atom stereocenters. The third-order valence-corrected chi connectivity index (χ3v) is 3.50. The standard InChI is InChI=1S/C14H21F2NO3S/c1-3-19-13-9-11(5-6-12(13)20-14(15)16)10-17-7-4-8-21(2)18/h5-6,9,14,17H,3-4,7-8,10H2,1-2H3. The molecule has 0 fully saturated rings. The maximum atomic E-state index is 12.3. The van der Waals surface area contributed by atoms with Crippen molar-refractivity contribution in [1.82, 2.24) is 5.32 Å². The number of benzene rings is 1. The zero-order valence-electron chi connectivity index (χ0n) is 12.2. The van der Waals surface area contributed by atoms with Crippen LogP contribution in [0.5, 0.6) is 11.5 Å². The van der Waals surface area contributed by atoms with Gasteiger partial charge in [-0.3, -0.25) is 4.21 Å². The first-order valence-electron chi connectivity index (χ1n) is 6.74.